The van der Waals surface area contributed by atoms with Gasteiger partial charge in [0.1, 0.15) is 10.7 Å². The molecule has 7 heteroatoms. The molecule has 1 saturated heterocycles. The number of hydrogen-bond acceptors (Lipinski definition) is 6. The molecule has 0 N–H and O–H groups in total. The first-order chi connectivity index (χ1) is 14.4. The Morgan fingerprint density at radius 2 is 1.97 bits per heavy atom. The van der Waals surface area contributed by atoms with Gasteiger partial charge in [-0.15, -0.1) is 6.58 Å². The minimum Gasteiger partial charge on any atom is -0.497 e. The van der Waals surface area contributed by atoms with Gasteiger partial charge >= 0.3 is 0 Å². The summed E-state index contributed by atoms with van der Waals surface area (Å²) in [5.74, 6) is 0.751. The fourth-order valence-electron chi connectivity index (χ4n) is 3.30. The number of ether oxygens (including phenoxy) is 1. The van der Waals surface area contributed by atoms with Crippen molar-refractivity contribution in [2.24, 2.45) is 4.99 Å². The van der Waals surface area contributed by atoms with Gasteiger partial charge < -0.3 is 9.64 Å². The molecule has 0 bridgehead atoms. The van der Waals surface area contributed by atoms with Crippen LogP contribution in [0.2, 0.25) is 0 Å². The van der Waals surface area contributed by atoms with Gasteiger partial charge in [0.2, 0.25) is 0 Å². The van der Waals surface area contributed by atoms with E-state index in [4.69, 9.17) is 9.73 Å². The van der Waals surface area contributed by atoms with Crippen molar-refractivity contribution < 1.29 is 9.53 Å². The molecule has 0 radical (unpaired) electrons. The predicted molar refractivity (Wildman–Crippen MR) is 127 cm³/mol. The molecule has 5 nitrogen and oxygen atoms in total. The third-order valence-corrected chi connectivity index (χ3v) is 7.42. The molecule has 1 fully saturated rings. The van der Waals surface area contributed by atoms with E-state index in [0.717, 1.165) is 38.2 Å². The van der Waals surface area contributed by atoms with Gasteiger partial charge in [0.05, 0.1) is 23.5 Å². The Bertz CT molecular complexity index is 1110. The van der Waals surface area contributed by atoms with Gasteiger partial charge in [-0.25, -0.2) is 4.99 Å². The highest BCUT2D eigenvalue weighted by Gasteiger charge is 2.38. The summed E-state index contributed by atoms with van der Waals surface area (Å²) >= 11 is 3.02. The maximum atomic E-state index is 13.3. The van der Waals surface area contributed by atoms with Crippen LogP contribution < -0.4 is 9.64 Å². The average molecular weight is 438 g/mol. The lowest BCUT2D eigenvalue weighted by Gasteiger charge is -2.16. The fourth-order valence-corrected chi connectivity index (χ4v) is 5.63. The van der Waals surface area contributed by atoms with E-state index < -0.39 is 0 Å². The van der Waals surface area contributed by atoms with E-state index >= 15 is 0 Å². The topological polar surface area (TPSA) is 45.1 Å². The van der Waals surface area contributed by atoms with Crippen molar-refractivity contribution in [1.29, 1.82) is 0 Å². The van der Waals surface area contributed by atoms with Crippen LogP contribution in [-0.4, -0.2) is 36.7 Å². The van der Waals surface area contributed by atoms with Gasteiger partial charge in [-0.3, -0.25) is 9.69 Å². The summed E-state index contributed by atoms with van der Waals surface area (Å²) in [6.07, 6.45) is 1.73. The third kappa shape index (κ3) is 3.63. The van der Waals surface area contributed by atoms with Crippen LogP contribution >= 0.6 is 23.5 Å². The van der Waals surface area contributed by atoms with Crippen LogP contribution in [0, 0.1) is 13.8 Å². The van der Waals surface area contributed by atoms with Crippen LogP contribution in [0.15, 0.2) is 68.9 Å². The SMILES string of the molecule is C=CCN1C(=O)/C(=C2/Sc3ccc(OC)cc3N2C)SC1=Nc1cc(C)ccc1C. The molecular formula is C23H23N3O2S2. The first kappa shape index (κ1) is 20.6. The normalized spacial score (nSPS) is 19.6. The number of carbonyl (C=O) groups is 1. The lowest BCUT2D eigenvalue weighted by molar-refractivity contribution is -0.121. The summed E-state index contributed by atoms with van der Waals surface area (Å²) in [4.78, 5) is 23.7. The van der Waals surface area contributed by atoms with Crippen LogP contribution in [0.5, 0.6) is 5.75 Å². The summed E-state index contributed by atoms with van der Waals surface area (Å²) in [7, 11) is 3.63. The quantitative estimate of drug-likeness (QED) is 0.469. The van der Waals surface area contributed by atoms with Gasteiger partial charge in [-0.2, -0.15) is 0 Å². The first-order valence-corrected chi connectivity index (χ1v) is 11.2. The van der Waals surface area contributed by atoms with E-state index in [1.807, 2.05) is 45.2 Å². The number of nitrogens with zero attached hydrogens (tertiary/aromatic N) is 3. The fraction of sp³-hybridized carbons (Fsp3) is 0.217. The minimum absolute atomic E-state index is 0.0434. The number of thioether (sulfide) groups is 2. The van der Waals surface area contributed by atoms with Crippen molar-refractivity contribution >= 4 is 46.0 Å². The summed E-state index contributed by atoms with van der Waals surface area (Å²) < 4.78 is 5.36. The van der Waals surface area contributed by atoms with E-state index in [9.17, 15) is 4.79 Å². The molecule has 0 saturated carbocycles. The van der Waals surface area contributed by atoms with E-state index in [1.165, 1.54) is 11.8 Å². The van der Waals surface area contributed by atoms with Crippen molar-refractivity contribution in [1.82, 2.24) is 4.90 Å². The number of rotatable bonds is 4. The van der Waals surface area contributed by atoms with Crippen LogP contribution in [0.4, 0.5) is 11.4 Å². The van der Waals surface area contributed by atoms with Crippen LogP contribution in [0.1, 0.15) is 11.1 Å². The maximum absolute atomic E-state index is 13.3. The van der Waals surface area contributed by atoms with Crippen LogP contribution in [-0.2, 0) is 4.79 Å². The highest BCUT2D eigenvalue weighted by atomic mass is 32.2. The number of anilines is 1. The monoisotopic (exact) mass is 437 g/mol. The van der Waals surface area contributed by atoms with Crippen molar-refractivity contribution in [3.05, 3.63) is 70.1 Å². The van der Waals surface area contributed by atoms with Crippen molar-refractivity contribution in [2.45, 2.75) is 18.7 Å². The van der Waals surface area contributed by atoms with Gasteiger partial charge in [-0.1, -0.05) is 30.0 Å². The Morgan fingerprint density at radius 1 is 1.17 bits per heavy atom. The number of fused-ring (bicyclic) bond motifs is 1. The molecule has 1 amide bonds. The van der Waals surface area contributed by atoms with E-state index in [2.05, 4.69) is 23.6 Å². The van der Waals surface area contributed by atoms with Gasteiger partial charge in [0.15, 0.2) is 5.17 Å². The molecule has 2 aliphatic rings. The summed E-state index contributed by atoms with van der Waals surface area (Å²) in [5.41, 5.74) is 4.13. The van der Waals surface area contributed by atoms with Gasteiger partial charge in [0, 0.05) is 24.6 Å². The average Bonchev–Trinajstić information content (AvgIpc) is 3.22. The molecule has 0 aliphatic carbocycles. The number of benzene rings is 2. The van der Waals surface area contributed by atoms with Crippen LogP contribution in [0.3, 0.4) is 0 Å². The molecule has 2 aromatic rings. The minimum atomic E-state index is -0.0434. The second kappa shape index (κ2) is 8.24. The number of methoxy groups -OCH3 is 1. The maximum Gasteiger partial charge on any atom is 0.269 e. The van der Waals surface area contributed by atoms with E-state index in [1.54, 1.807) is 29.8 Å². The zero-order valence-electron chi connectivity index (χ0n) is 17.4. The molecule has 0 aromatic heterocycles. The molecule has 4 rings (SSSR count). The summed E-state index contributed by atoms with van der Waals surface area (Å²) in [6, 6.07) is 12.1. The Balaban J connectivity index is 1.75. The molecular weight excluding hydrogens is 414 g/mol. The highest BCUT2D eigenvalue weighted by molar-refractivity contribution is 8.19. The number of hydrogen-bond donors (Lipinski definition) is 0. The smallest absolute Gasteiger partial charge is 0.269 e. The number of amides is 1. The van der Waals surface area contributed by atoms with Gasteiger partial charge in [-0.05, 0) is 54.9 Å². The van der Waals surface area contributed by atoms with E-state index in [0.29, 0.717) is 16.6 Å². The Morgan fingerprint density at radius 3 is 2.70 bits per heavy atom. The number of amidine groups is 1. The number of aliphatic imine (C=N–C) groups is 1. The highest BCUT2D eigenvalue weighted by Crippen LogP contribution is 2.51. The van der Waals surface area contributed by atoms with Crippen LogP contribution in [0.25, 0.3) is 0 Å². The number of carbonyl (C=O) groups excluding carboxylic acids is 1. The van der Waals surface area contributed by atoms with Gasteiger partial charge in [0.25, 0.3) is 5.91 Å². The number of aryl methyl sites for hydroxylation is 2. The molecule has 154 valence electrons. The van der Waals surface area contributed by atoms with Crippen molar-refractivity contribution in [3.8, 4) is 5.75 Å². The molecule has 0 unspecified atom stereocenters. The summed E-state index contributed by atoms with van der Waals surface area (Å²) in [6.45, 7) is 8.31. The lowest BCUT2D eigenvalue weighted by Crippen LogP contribution is -2.29. The Kier molecular flexibility index (Phi) is 5.66. The molecule has 2 aliphatic heterocycles. The molecule has 0 atom stereocenters. The molecule has 0 spiro atoms. The summed E-state index contributed by atoms with van der Waals surface area (Å²) in [5, 5.41) is 1.59. The molecule has 2 heterocycles. The Labute approximate surface area is 185 Å². The zero-order chi connectivity index (χ0) is 21.4. The second-order valence-electron chi connectivity index (χ2n) is 7.12. The van der Waals surface area contributed by atoms with Crippen molar-refractivity contribution in [3.63, 3.8) is 0 Å². The largest absolute Gasteiger partial charge is 0.497 e. The third-order valence-electron chi connectivity index (χ3n) is 4.99. The standard InChI is InChI=1S/C23H23N3O2S2/c1-6-11-26-21(27)20(30-23(26)24-17-12-14(2)7-8-15(17)3)22-25(4)18-13-16(28-5)9-10-19(18)29-22/h6-10,12-13H,1,11H2,2-5H3/b22-20-,24-23?. The zero-order valence-corrected chi connectivity index (χ0v) is 19.1. The van der Waals surface area contributed by atoms with E-state index in [-0.39, 0.29) is 5.91 Å². The Hall–Kier alpha value is -2.64. The lowest BCUT2D eigenvalue weighted by atomic mass is 10.1. The molecule has 2 aromatic carbocycles. The first-order valence-electron chi connectivity index (χ1n) is 9.53. The van der Waals surface area contributed by atoms with Crippen molar-refractivity contribution in [2.75, 3.05) is 25.6 Å². The molecule has 30 heavy (non-hydrogen) atoms. The predicted octanol–water partition coefficient (Wildman–Crippen LogP) is 5.47. The second-order valence-corrected chi connectivity index (χ2v) is 9.13.